The monoisotopic (exact) mass is 521 g/mol. The van der Waals surface area contributed by atoms with Crippen molar-refractivity contribution in [1.82, 2.24) is 24.2 Å². The number of halogens is 2. The van der Waals surface area contributed by atoms with Crippen LogP contribution in [-0.2, 0) is 14.8 Å². The molecule has 5 rings (SSSR count). The maximum absolute atomic E-state index is 14.0. The zero-order valence-electron chi connectivity index (χ0n) is 19.9. The summed E-state index contributed by atoms with van der Waals surface area (Å²) in [5, 5.41) is 3.36. The Hall–Kier alpha value is -2.90. The Morgan fingerprint density at radius 1 is 1.00 bits per heavy atom. The van der Waals surface area contributed by atoms with Gasteiger partial charge in [-0.2, -0.15) is 9.97 Å². The first-order valence-corrected chi connectivity index (χ1v) is 13.9. The van der Waals surface area contributed by atoms with Crippen LogP contribution >= 0.6 is 0 Å². The summed E-state index contributed by atoms with van der Waals surface area (Å²) in [5.41, 5.74) is 1.00. The number of anilines is 2. The number of morpholine rings is 1. The molecule has 0 amide bonds. The van der Waals surface area contributed by atoms with Crippen LogP contribution in [0.2, 0.25) is 0 Å². The van der Waals surface area contributed by atoms with Gasteiger partial charge in [0.25, 0.3) is 6.43 Å². The summed E-state index contributed by atoms with van der Waals surface area (Å²) in [6.07, 6.45) is 1.20. The molecular formula is C23H29F2N7O3S. The molecule has 0 atom stereocenters. The lowest BCUT2D eigenvalue weighted by Gasteiger charge is -2.30. The molecule has 194 valence electrons. The van der Waals surface area contributed by atoms with E-state index >= 15 is 0 Å². The van der Waals surface area contributed by atoms with Gasteiger partial charge in [-0.15, -0.1) is 0 Å². The molecule has 0 spiro atoms. The number of nitrogens with one attached hydrogen (secondary N) is 2. The molecule has 2 aliphatic rings. The summed E-state index contributed by atoms with van der Waals surface area (Å²) in [6.45, 7) is 2.36. The number of hydrogen-bond donors (Lipinski definition) is 2. The summed E-state index contributed by atoms with van der Waals surface area (Å²) >= 11 is 0. The summed E-state index contributed by atoms with van der Waals surface area (Å²) in [7, 11) is -3.26. The van der Waals surface area contributed by atoms with Crippen molar-refractivity contribution >= 4 is 32.8 Å². The van der Waals surface area contributed by atoms with E-state index in [1.165, 1.54) is 4.57 Å². The molecule has 2 fully saturated rings. The number of fused-ring (bicyclic) bond motifs is 1. The minimum Gasteiger partial charge on any atom is -0.378 e. The fourth-order valence-corrected chi connectivity index (χ4v) is 5.67. The van der Waals surface area contributed by atoms with Gasteiger partial charge in [0, 0.05) is 31.2 Å². The lowest BCUT2D eigenvalue weighted by atomic mass is 9.92. The Balaban J connectivity index is 1.48. The molecule has 13 heteroatoms. The van der Waals surface area contributed by atoms with E-state index in [4.69, 9.17) is 9.72 Å². The van der Waals surface area contributed by atoms with Gasteiger partial charge in [0.15, 0.2) is 5.82 Å². The molecule has 1 aliphatic heterocycles. The highest BCUT2D eigenvalue weighted by Gasteiger charge is 2.26. The first-order chi connectivity index (χ1) is 17.3. The van der Waals surface area contributed by atoms with Crippen LogP contribution in [0.25, 0.3) is 16.9 Å². The number of sulfonamides is 1. The van der Waals surface area contributed by atoms with Crippen LogP contribution in [0.4, 0.5) is 20.5 Å². The quantitative estimate of drug-likeness (QED) is 0.488. The van der Waals surface area contributed by atoms with Crippen molar-refractivity contribution in [2.75, 3.05) is 42.8 Å². The molecule has 0 unspecified atom stereocenters. The summed E-state index contributed by atoms with van der Waals surface area (Å²) in [6, 6.07) is 8.63. The molecule has 0 radical (unpaired) electrons. The minimum absolute atomic E-state index is 0.0319. The van der Waals surface area contributed by atoms with E-state index in [9.17, 15) is 17.2 Å². The van der Waals surface area contributed by atoms with E-state index < -0.39 is 16.4 Å². The highest BCUT2D eigenvalue weighted by molar-refractivity contribution is 7.88. The first-order valence-electron chi connectivity index (χ1n) is 12.0. The zero-order valence-corrected chi connectivity index (χ0v) is 20.7. The van der Waals surface area contributed by atoms with Crippen molar-refractivity contribution in [3.63, 3.8) is 0 Å². The highest BCUT2D eigenvalue weighted by atomic mass is 32.2. The molecule has 2 aromatic heterocycles. The van der Waals surface area contributed by atoms with E-state index in [0.29, 0.717) is 67.8 Å². The van der Waals surface area contributed by atoms with Gasteiger partial charge in [-0.05, 0) is 37.8 Å². The minimum atomic E-state index is -3.26. The molecule has 36 heavy (non-hydrogen) atoms. The third kappa shape index (κ3) is 5.57. The van der Waals surface area contributed by atoms with Crippen LogP contribution in [0.5, 0.6) is 0 Å². The van der Waals surface area contributed by atoms with Gasteiger partial charge in [-0.1, -0.05) is 12.1 Å². The predicted molar refractivity (Wildman–Crippen MR) is 132 cm³/mol. The van der Waals surface area contributed by atoms with E-state index in [1.54, 1.807) is 30.3 Å². The first kappa shape index (κ1) is 24.8. The Morgan fingerprint density at radius 3 is 2.36 bits per heavy atom. The van der Waals surface area contributed by atoms with Crippen molar-refractivity contribution in [3.8, 4) is 5.82 Å². The molecule has 0 bridgehead atoms. The van der Waals surface area contributed by atoms with Gasteiger partial charge in [0.1, 0.15) is 11.6 Å². The molecule has 1 aromatic carbocycles. The second-order valence-corrected chi connectivity index (χ2v) is 11.0. The number of hydrogen-bond acceptors (Lipinski definition) is 8. The molecular weight excluding hydrogens is 492 g/mol. The third-order valence-electron chi connectivity index (χ3n) is 6.49. The van der Waals surface area contributed by atoms with Crippen molar-refractivity contribution in [3.05, 3.63) is 36.2 Å². The van der Waals surface area contributed by atoms with Crippen LogP contribution in [0.1, 0.15) is 37.9 Å². The van der Waals surface area contributed by atoms with Gasteiger partial charge in [-0.25, -0.2) is 26.9 Å². The molecule has 1 saturated heterocycles. The second kappa shape index (κ2) is 10.2. The number of nitrogens with zero attached hydrogens (tertiary/aromatic N) is 5. The number of rotatable bonds is 7. The number of alkyl halides is 2. The normalized spacial score (nSPS) is 21.3. The Bertz CT molecular complexity index is 1320. The van der Waals surface area contributed by atoms with Gasteiger partial charge >= 0.3 is 0 Å². The molecule has 10 nitrogen and oxygen atoms in total. The Labute approximate surface area is 208 Å². The molecule has 3 heterocycles. The summed E-state index contributed by atoms with van der Waals surface area (Å²) in [4.78, 5) is 15.5. The topological polar surface area (TPSA) is 114 Å². The lowest BCUT2D eigenvalue weighted by Crippen LogP contribution is -2.40. The lowest BCUT2D eigenvalue weighted by molar-refractivity contribution is 0.122. The van der Waals surface area contributed by atoms with Crippen LogP contribution in [0.3, 0.4) is 0 Å². The van der Waals surface area contributed by atoms with E-state index in [2.05, 4.69) is 20.0 Å². The van der Waals surface area contributed by atoms with Crippen LogP contribution < -0.4 is 14.9 Å². The number of benzene rings is 1. The third-order valence-corrected chi connectivity index (χ3v) is 7.25. The predicted octanol–water partition coefficient (Wildman–Crippen LogP) is 2.86. The Kier molecular flexibility index (Phi) is 7.04. The number of imidazole rings is 1. The summed E-state index contributed by atoms with van der Waals surface area (Å²) in [5.74, 6) is 0.897. The average molecular weight is 522 g/mol. The van der Waals surface area contributed by atoms with Crippen molar-refractivity contribution in [1.29, 1.82) is 0 Å². The van der Waals surface area contributed by atoms with Gasteiger partial charge in [0.05, 0.1) is 30.5 Å². The zero-order chi connectivity index (χ0) is 25.3. The number of para-hydroxylation sites is 2. The van der Waals surface area contributed by atoms with Crippen molar-refractivity contribution in [2.24, 2.45) is 0 Å². The van der Waals surface area contributed by atoms with E-state index in [1.807, 2.05) is 4.90 Å². The smallest absolute Gasteiger partial charge is 0.296 e. The maximum Gasteiger partial charge on any atom is 0.296 e. The van der Waals surface area contributed by atoms with E-state index in [-0.39, 0.29) is 17.9 Å². The maximum atomic E-state index is 14.0. The molecule has 1 saturated carbocycles. The largest absolute Gasteiger partial charge is 0.378 e. The Morgan fingerprint density at radius 2 is 1.67 bits per heavy atom. The molecule has 2 N–H and O–H groups in total. The highest BCUT2D eigenvalue weighted by Crippen LogP contribution is 2.30. The average Bonchev–Trinajstić information content (AvgIpc) is 3.25. The molecule has 1 aliphatic carbocycles. The van der Waals surface area contributed by atoms with Crippen LogP contribution in [-0.4, -0.2) is 72.6 Å². The van der Waals surface area contributed by atoms with Crippen LogP contribution in [0, 0.1) is 0 Å². The fourth-order valence-electron chi connectivity index (χ4n) is 4.83. The number of ether oxygens (including phenoxy) is 1. The van der Waals surface area contributed by atoms with Gasteiger partial charge in [0.2, 0.25) is 16.0 Å². The van der Waals surface area contributed by atoms with Gasteiger partial charge < -0.3 is 15.0 Å². The second-order valence-electron chi connectivity index (χ2n) is 9.19. The number of aromatic nitrogens is 4. The fraction of sp³-hybridized carbons (Fsp3) is 0.522. The SMILES string of the molecule is CS(=O)(=O)NC1CCC(Nc2nc(N3CCOCC3)cc(-n3c(C(F)F)nc4ccccc43)n2)CC1. The van der Waals surface area contributed by atoms with Crippen molar-refractivity contribution < 1.29 is 21.9 Å². The van der Waals surface area contributed by atoms with Gasteiger partial charge in [-0.3, -0.25) is 4.57 Å². The van der Waals surface area contributed by atoms with E-state index in [0.717, 1.165) is 19.1 Å². The summed E-state index contributed by atoms with van der Waals surface area (Å²) < 4.78 is 60.7. The standard InChI is InChI=1S/C23H29F2N7O3S/c1-36(33,34)30-16-8-6-15(7-9-16)26-23-28-19(31-10-12-35-13-11-31)14-20(29-23)32-18-5-3-2-4-17(18)27-22(32)21(24)25/h2-5,14-16,21,30H,6-13H2,1H3,(H,26,28,29). The van der Waals surface area contributed by atoms with Crippen LogP contribution in [0.15, 0.2) is 30.3 Å². The van der Waals surface area contributed by atoms with Crippen molar-refractivity contribution in [2.45, 2.75) is 44.2 Å². The molecule has 3 aromatic rings.